The van der Waals surface area contributed by atoms with E-state index in [1.807, 2.05) is 0 Å². The Balaban J connectivity index is 0.00000200. The van der Waals surface area contributed by atoms with Crippen LogP contribution in [0, 0.1) is 0 Å². The van der Waals surface area contributed by atoms with Crippen LogP contribution in [-0.2, 0) is 12.8 Å². The Kier molecular flexibility index (Phi) is 8.12. The summed E-state index contributed by atoms with van der Waals surface area (Å²) in [5.41, 5.74) is 4.62. The molecule has 1 radical (unpaired) electrons. The van der Waals surface area contributed by atoms with Crippen LogP contribution in [-0.4, -0.2) is 30.0 Å². The monoisotopic (exact) mass is 283 g/mol. The smallest absolute Gasteiger partial charge is 0.181 e. The number of hydrogen-bond acceptors (Lipinski definition) is 1. The molecule has 0 spiro atoms. The topological polar surface area (TPSA) is 17.1 Å². The fourth-order valence-electron chi connectivity index (χ4n) is 3.04. The van der Waals surface area contributed by atoms with Gasteiger partial charge in [0.15, 0.2) is 5.52 Å². The van der Waals surface area contributed by atoms with Crippen LogP contribution in [0.15, 0.2) is 18.2 Å². The van der Waals surface area contributed by atoms with Crippen LogP contribution in [0.4, 0.5) is 0 Å². The van der Waals surface area contributed by atoms with Gasteiger partial charge in [0.25, 0.3) is 0 Å². The molecule has 1 fully saturated rings. The molecule has 0 N–H and O–H groups in total. The molecule has 0 saturated heterocycles. The SMILES string of the molecule is CCc1cccc(CC)c1C(=O)PC1CCCCC1.[Li]. The van der Waals surface area contributed by atoms with Crippen LogP contribution in [0.5, 0.6) is 0 Å². The number of carbonyl (C=O) groups is 1. The summed E-state index contributed by atoms with van der Waals surface area (Å²) >= 11 is 0. The Hall–Kier alpha value is -0.0826. The molecular weight excluding hydrogens is 258 g/mol. The van der Waals surface area contributed by atoms with Gasteiger partial charge in [0.05, 0.1) is 0 Å². The first-order valence-electron chi connectivity index (χ1n) is 7.67. The minimum Gasteiger partial charge on any atom is -0.289 e. The third-order valence-corrected chi connectivity index (χ3v) is 5.66. The number of hydrogen-bond donors (Lipinski definition) is 0. The van der Waals surface area contributed by atoms with Gasteiger partial charge in [0.1, 0.15) is 0 Å². The van der Waals surface area contributed by atoms with Crippen LogP contribution >= 0.6 is 8.58 Å². The van der Waals surface area contributed by atoms with E-state index in [-0.39, 0.29) is 18.9 Å². The number of benzene rings is 1. The molecule has 0 amide bonds. The van der Waals surface area contributed by atoms with Crippen molar-refractivity contribution in [1.82, 2.24) is 0 Å². The average molecular weight is 283 g/mol. The molecule has 0 heterocycles. The van der Waals surface area contributed by atoms with Crippen molar-refractivity contribution in [1.29, 1.82) is 0 Å². The molecule has 1 aliphatic carbocycles. The van der Waals surface area contributed by atoms with Crippen molar-refractivity contribution in [2.24, 2.45) is 0 Å². The number of aryl methyl sites for hydroxylation is 2. The molecule has 1 aromatic carbocycles. The summed E-state index contributed by atoms with van der Waals surface area (Å²) in [6.07, 6.45) is 8.46. The maximum atomic E-state index is 12.7. The zero-order valence-electron chi connectivity index (χ0n) is 13.2. The summed E-state index contributed by atoms with van der Waals surface area (Å²) < 4.78 is 0. The minimum absolute atomic E-state index is 0. The standard InChI is InChI=1S/C17H25OP.Li/c1-3-13-9-8-10-14(4-2)16(13)17(18)19-15-11-6-5-7-12-15;/h8-10,15,19H,3-7,11-12H2,1-2H3;. The van der Waals surface area contributed by atoms with E-state index in [4.69, 9.17) is 0 Å². The molecule has 0 bridgehead atoms. The predicted octanol–water partition coefficient (Wildman–Crippen LogP) is 4.58. The van der Waals surface area contributed by atoms with Gasteiger partial charge in [-0.3, -0.25) is 4.79 Å². The van der Waals surface area contributed by atoms with Gasteiger partial charge in [-0.2, -0.15) is 0 Å². The Bertz CT molecular complexity index is 416. The fraction of sp³-hybridized carbons (Fsp3) is 0.588. The summed E-state index contributed by atoms with van der Waals surface area (Å²) in [5, 5.41) is 0. The van der Waals surface area contributed by atoms with Gasteiger partial charge in [-0.15, -0.1) is 0 Å². The van der Waals surface area contributed by atoms with Gasteiger partial charge in [-0.05, 0) is 51.0 Å². The van der Waals surface area contributed by atoms with Crippen molar-refractivity contribution in [3.63, 3.8) is 0 Å². The molecule has 1 nitrogen and oxygen atoms in total. The first-order chi connectivity index (χ1) is 9.26. The van der Waals surface area contributed by atoms with Crippen molar-refractivity contribution in [2.45, 2.75) is 64.5 Å². The van der Waals surface area contributed by atoms with Gasteiger partial charge in [-0.25, -0.2) is 0 Å². The fourth-order valence-corrected chi connectivity index (χ4v) is 4.57. The normalized spacial score (nSPS) is 16.3. The van der Waals surface area contributed by atoms with Crippen LogP contribution in [0.3, 0.4) is 0 Å². The van der Waals surface area contributed by atoms with Crippen LogP contribution in [0.25, 0.3) is 0 Å². The molecule has 0 aliphatic heterocycles. The third-order valence-electron chi connectivity index (χ3n) is 4.17. The van der Waals surface area contributed by atoms with E-state index < -0.39 is 0 Å². The zero-order chi connectivity index (χ0) is 13.7. The van der Waals surface area contributed by atoms with Crippen LogP contribution < -0.4 is 0 Å². The van der Waals surface area contributed by atoms with Gasteiger partial charge in [0, 0.05) is 24.4 Å². The number of rotatable bonds is 5. The zero-order valence-corrected chi connectivity index (χ0v) is 14.2. The third kappa shape index (κ3) is 4.46. The maximum Gasteiger partial charge on any atom is 0.181 e. The minimum atomic E-state index is 0. The quantitative estimate of drug-likeness (QED) is 0.571. The van der Waals surface area contributed by atoms with Gasteiger partial charge in [-0.1, -0.05) is 51.3 Å². The molecule has 1 atom stereocenters. The molecule has 1 unspecified atom stereocenters. The second-order valence-electron chi connectivity index (χ2n) is 5.47. The molecule has 0 aromatic heterocycles. The molecular formula is C17H25LiOP. The van der Waals surface area contributed by atoms with Crippen LogP contribution in [0.1, 0.15) is 67.4 Å². The van der Waals surface area contributed by atoms with E-state index in [1.54, 1.807) is 0 Å². The Morgan fingerprint density at radius 1 is 1.10 bits per heavy atom. The van der Waals surface area contributed by atoms with Crippen molar-refractivity contribution in [3.05, 3.63) is 34.9 Å². The summed E-state index contributed by atoms with van der Waals surface area (Å²) in [4.78, 5) is 12.7. The van der Waals surface area contributed by atoms with Crippen molar-refractivity contribution in [3.8, 4) is 0 Å². The van der Waals surface area contributed by atoms with E-state index in [9.17, 15) is 4.79 Å². The van der Waals surface area contributed by atoms with E-state index in [0.29, 0.717) is 19.8 Å². The van der Waals surface area contributed by atoms with Gasteiger partial charge >= 0.3 is 0 Å². The van der Waals surface area contributed by atoms with Crippen molar-refractivity contribution in [2.75, 3.05) is 0 Å². The van der Waals surface area contributed by atoms with Crippen molar-refractivity contribution >= 4 is 33.0 Å². The molecule has 3 heteroatoms. The molecule has 1 saturated carbocycles. The summed E-state index contributed by atoms with van der Waals surface area (Å²) in [7, 11) is 0.493. The average Bonchev–Trinajstić information content (AvgIpc) is 2.47. The van der Waals surface area contributed by atoms with E-state index in [2.05, 4.69) is 32.0 Å². The second kappa shape index (κ2) is 9.04. The summed E-state index contributed by atoms with van der Waals surface area (Å²) in [6.45, 7) is 4.30. The predicted molar refractivity (Wildman–Crippen MR) is 90.5 cm³/mol. The largest absolute Gasteiger partial charge is 0.289 e. The van der Waals surface area contributed by atoms with E-state index in [0.717, 1.165) is 18.4 Å². The van der Waals surface area contributed by atoms with Crippen LogP contribution in [0.2, 0.25) is 0 Å². The van der Waals surface area contributed by atoms with Gasteiger partial charge in [0.2, 0.25) is 0 Å². The maximum absolute atomic E-state index is 12.7. The molecule has 1 aromatic rings. The van der Waals surface area contributed by atoms with E-state index >= 15 is 0 Å². The molecule has 105 valence electrons. The molecule has 20 heavy (non-hydrogen) atoms. The first kappa shape index (κ1) is 18.0. The Morgan fingerprint density at radius 2 is 1.65 bits per heavy atom. The summed E-state index contributed by atoms with van der Waals surface area (Å²) in [5.74, 6) is 0. The summed E-state index contributed by atoms with van der Waals surface area (Å²) in [6, 6.07) is 6.34. The van der Waals surface area contributed by atoms with Gasteiger partial charge < -0.3 is 0 Å². The second-order valence-corrected chi connectivity index (χ2v) is 7.03. The molecule has 1 aliphatic rings. The molecule has 2 rings (SSSR count). The van der Waals surface area contributed by atoms with E-state index in [1.165, 1.54) is 43.2 Å². The first-order valence-corrected chi connectivity index (χ1v) is 8.75. The Morgan fingerprint density at radius 3 is 2.15 bits per heavy atom. The van der Waals surface area contributed by atoms with Crippen molar-refractivity contribution < 1.29 is 4.79 Å². The Labute approximate surface area is 137 Å². The number of carbonyl (C=O) groups excluding carboxylic acids is 1.